The smallest absolute Gasteiger partial charge is 0.221 e. The quantitative estimate of drug-likeness (QED) is 0.795. The summed E-state index contributed by atoms with van der Waals surface area (Å²) in [6.07, 6.45) is 2.76. The topological polar surface area (TPSA) is 34.6 Å². The van der Waals surface area contributed by atoms with Crippen molar-refractivity contribution in [2.75, 3.05) is 39.5 Å². The molecule has 2 aromatic rings. The molecular weight excluding hydrogens is 288 g/mol. The van der Waals surface area contributed by atoms with Crippen LogP contribution in [0.2, 0.25) is 5.02 Å². The number of pyridine rings is 1. The van der Waals surface area contributed by atoms with E-state index in [1.54, 1.807) is 6.20 Å². The Morgan fingerprint density at radius 3 is 2.95 bits per heavy atom. The number of aromatic nitrogens is 1. The lowest BCUT2D eigenvalue weighted by Gasteiger charge is -2.26. The number of benzene rings is 1. The van der Waals surface area contributed by atoms with Crippen LogP contribution in [-0.4, -0.2) is 49.3 Å². The molecule has 0 unspecified atom stereocenters. The molecule has 3 rings (SSSR count). The SMILES string of the molecule is Clc1ccc2ccnc(OCCCN3CCOCC3)c2c1. The Kier molecular flexibility index (Phi) is 4.91. The minimum Gasteiger partial charge on any atom is -0.477 e. The number of hydrogen-bond acceptors (Lipinski definition) is 4. The zero-order valence-electron chi connectivity index (χ0n) is 11.9. The Labute approximate surface area is 129 Å². The fourth-order valence-corrected chi connectivity index (χ4v) is 2.68. The highest BCUT2D eigenvalue weighted by Gasteiger charge is 2.10. The van der Waals surface area contributed by atoms with E-state index in [2.05, 4.69) is 9.88 Å². The average molecular weight is 307 g/mol. The van der Waals surface area contributed by atoms with Crippen LogP contribution in [0.4, 0.5) is 0 Å². The first-order chi connectivity index (χ1) is 10.3. The van der Waals surface area contributed by atoms with Gasteiger partial charge in [-0.1, -0.05) is 17.7 Å². The number of fused-ring (bicyclic) bond motifs is 1. The number of rotatable bonds is 5. The monoisotopic (exact) mass is 306 g/mol. The maximum Gasteiger partial charge on any atom is 0.221 e. The van der Waals surface area contributed by atoms with Gasteiger partial charge in [-0.15, -0.1) is 0 Å². The van der Waals surface area contributed by atoms with E-state index in [0.717, 1.165) is 50.0 Å². The fourth-order valence-electron chi connectivity index (χ4n) is 2.51. The zero-order valence-corrected chi connectivity index (χ0v) is 12.7. The molecule has 21 heavy (non-hydrogen) atoms. The van der Waals surface area contributed by atoms with Crippen LogP contribution in [0, 0.1) is 0 Å². The van der Waals surface area contributed by atoms with E-state index in [1.165, 1.54) is 0 Å². The van der Waals surface area contributed by atoms with Gasteiger partial charge in [0.1, 0.15) is 0 Å². The standard InChI is InChI=1S/C16H19ClN2O2/c17-14-3-2-13-4-5-18-16(15(13)12-14)21-9-1-6-19-7-10-20-11-8-19/h2-5,12H,1,6-11H2. The molecule has 4 nitrogen and oxygen atoms in total. The predicted octanol–water partition coefficient (Wildman–Crippen LogP) is 2.99. The Bertz CT molecular complexity index is 600. The van der Waals surface area contributed by atoms with Gasteiger partial charge in [0.15, 0.2) is 0 Å². The second-order valence-electron chi connectivity index (χ2n) is 5.14. The van der Waals surface area contributed by atoms with Crippen LogP contribution >= 0.6 is 11.6 Å². The molecule has 1 aromatic heterocycles. The molecule has 0 saturated carbocycles. The molecule has 1 fully saturated rings. The van der Waals surface area contributed by atoms with Gasteiger partial charge < -0.3 is 9.47 Å². The van der Waals surface area contributed by atoms with Crippen molar-refractivity contribution in [3.8, 4) is 5.88 Å². The summed E-state index contributed by atoms with van der Waals surface area (Å²) in [7, 11) is 0. The van der Waals surface area contributed by atoms with E-state index in [1.807, 2.05) is 24.3 Å². The molecule has 0 aliphatic carbocycles. The van der Waals surface area contributed by atoms with Crippen molar-refractivity contribution >= 4 is 22.4 Å². The molecule has 112 valence electrons. The molecule has 0 atom stereocenters. The van der Waals surface area contributed by atoms with Crippen molar-refractivity contribution in [2.45, 2.75) is 6.42 Å². The van der Waals surface area contributed by atoms with Gasteiger partial charge in [-0.2, -0.15) is 0 Å². The summed E-state index contributed by atoms with van der Waals surface area (Å²) in [6, 6.07) is 7.74. The van der Waals surface area contributed by atoms with Gasteiger partial charge in [0.05, 0.1) is 19.8 Å². The van der Waals surface area contributed by atoms with E-state index in [4.69, 9.17) is 21.1 Å². The van der Waals surface area contributed by atoms with E-state index < -0.39 is 0 Å². The Morgan fingerprint density at radius 2 is 2.10 bits per heavy atom. The lowest BCUT2D eigenvalue weighted by atomic mass is 10.2. The fraction of sp³-hybridized carbons (Fsp3) is 0.438. The third-order valence-electron chi connectivity index (χ3n) is 3.65. The molecule has 0 N–H and O–H groups in total. The van der Waals surface area contributed by atoms with Gasteiger partial charge in [0.2, 0.25) is 5.88 Å². The average Bonchev–Trinajstić information content (AvgIpc) is 2.53. The molecule has 2 heterocycles. The van der Waals surface area contributed by atoms with Crippen molar-refractivity contribution < 1.29 is 9.47 Å². The van der Waals surface area contributed by atoms with Gasteiger partial charge in [-0.3, -0.25) is 4.90 Å². The summed E-state index contributed by atoms with van der Waals surface area (Å²) in [4.78, 5) is 6.72. The lowest BCUT2D eigenvalue weighted by molar-refractivity contribution is 0.0357. The van der Waals surface area contributed by atoms with Gasteiger partial charge in [0.25, 0.3) is 0 Å². The molecule has 5 heteroatoms. The zero-order chi connectivity index (χ0) is 14.5. The molecule has 0 spiro atoms. The van der Waals surface area contributed by atoms with Crippen LogP contribution in [0.3, 0.4) is 0 Å². The second kappa shape index (κ2) is 7.07. The van der Waals surface area contributed by atoms with Crippen LogP contribution in [0.15, 0.2) is 30.5 Å². The van der Waals surface area contributed by atoms with Gasteiger partial charge in [-0.05, 0) is 30.0 Å². The summed E-state index contributed by atoms with van der Waals surface area (Å²) >= 11 is 6.05. The normalized spacial score (nSPS) is 16.2. The predicted molar refractivity (Wildman–Crippen MR) is 84.1 cm³/mol. The van der Waals surface area contributed by atoms with Gasteiger partial charge in [-0.25, -0.2) is 4.98 Å². The number of morpholine rings is 1. The molecular formula is C16H19ClN2O2. The Balaban J connectivity index is 1.56. The molecule has 1 aliphatic rings. The van der Waals surface area contributed by atoms with Crippen molar-refractivity contribution in [3.05, 3.63) is 35.5 Å². The summed E-state index contributed by atoms with van der Waals surface area (Å²) in [5.74, 6) is 0.664. The maximum absolute atomic E-state index is 6.05. The Morgan fingerprint density at radius 1 is 1.24 bits per heavy atom. The minimum absolute atomic E-state index is 0.663. The van der Waals surface area contributed by atoms with Crippen LogP contribution in [0.1, 0.15) is 6.42 Å². The summed E-state index contributed by atoms with van der Waals surface area (Å²) < 4.78 is 11.2. The highest BCUT2D eigenvalue weighted by Crippen LogP contribution is 2.26. The first kappa shape index (κ1) is 14.6. The maximum atomic E-state index is 6.05. The van der Waals surface area contributed by atoms with Crippen molar-refractivity contribution in [2.24, 2.45) is 0 Å². The largest absolute Gasteiger partial charge is 0.477 e. The van der Waals surface area contributed by atoms with Crippen LogP contribution in [0.25, 0.3) is 10.8 Å². The molecule has 0 amide bonds. The van der Waals surface area contributed by atoms with Crippen LogP contribution in [-0.2, 0) is 4.74 Å². The number of nitrogens with zero attached hydrogens (tertiary/aromatic N) is 2. The molecule has 1 aliphatic heterocycles. The van der Waals surface area contributed by atoms with E-state index in [9.17, 15) is 0 Å². The first-order valence-corrected chi connectivity index (χ1v) is 7.68. The second-order valence-corrected chi connectivity index (χ2v) is 5.57. The molecule has 0 radical (unpaired) electrons. The molecule has 1 aromatic carbocycles. The van der Waals surface area contributed by atoms with Crippen molar-refractivity contribution in [1.82, 2.24) is 9.88 Å². The third-order valence-corrected chi connectivity index (χ3v) is 3.89. The van der Waals surface area contributed by atoms with E-state index in [0.29, 0.717) is 17.5 Å². The molecule has 0 bridgehead atoms. The number of halogens is 1. The lowest BCUT2D eigenvalue weighted by Crippen LogP contribution is -2.37. The van der Waals surface area contributed by atoms with Gasteiger partial charge >= 0.3 is 0 Å². The Hall–Kier alpha value is -1.36. The highest BCUT2D eigenvalue weighted by molar-refractivity contribution is 6.31. The van der Waals surface area contributed by atoms with Crippen LogP contribution in [0.5, 0.6) is 5.88 Å². The minimum atomic E-state index is 0.663. The van der Waals surface area contributed by atoms with Crippen molar-refractivity contribution in [3.63, 3.8) is 0 Å². The highest BCUT2D eigenvalue weighted by atomic mass is 35.5. The summed E-state index contributed by atoms with van der Waals surface area (Å²) in [5, 5.41) is 2.77. The molecule has 1 saturated heterocycles. The van der Waals surface area contributed by atoms with Gasteiger partial charge in [0, 0.05) is 36.2 Å². The van der Waals surface area contributed by atoms with Crippen molar-refractivity contribution in [1.29, 1.82) is 0 Å². The third kappa shape index (κ3) is 3.84. The van der Waals surface area contributed by atoms with E-state index in [-0.39, 0.29) is 0 Å². The summed E-state index contributed by atoms with van der Waals surface area (Å²) in [5.41, 5.74) is 0. The summed E-state index contributed by atoms with van der Waals surface area (Å²) in [6.45, 7) is 5.41. The number of ether oxygens (including phenoxy) is 2. The number of hydrogen-bond donors (Lipinski definition) is 0. The van der Waals surface area contributed by atoms with E-state index >= 15 is 0 Å². The van der Waals surface area contributed by atoms with Crippen LogP contribution < -0.4 is 4.74 Å². The first-order valence-electron chi connectivity index (χ1n) is 7.30.